The van der Waals surface area contributed by atoms with E-state index in [1.165, 1.54) is 16.4 Å². The van der Waals surface area contributed by atoms with Crippen molar-refractivity contribution in [3.8, 4) is 6.07 Å². The summed E-state index contributed by atoms with van der Waals surface area (Å²) in [4.78, 5) is 0. The van der Waals surface area contributed by atoms with Crippen molar-refractivity contribution in [2.75, 3.05) is 5.84 Å². The molecule has 0 fully saturated rings. The summed E-state index contributed by atoms with van der Waals surface area (Å²) in [5.74, 6) is 6.27. The quantitative estimate of drug-likeness (QED) is 0.569. The second kappa shape index (κ2) is 4.14. The van der Waals surface area contributed by atoms with E-state index in [1.807, 2.05) is 6.92 Å². The summed E-state index contributed by atoms with van der Waals surface area (Å²) in [6.07, 6.45) is 0.771. The summed E-state index contributed by atoms with van der Waals surface area (Å²) in [5.41, 5.74) is 0. The van der Waals surface area contributed by atoms with E-state index in [1.54, 1.807) is 6.92 Å². The van der Waals surface area contributed by atoms with Crippen LogP contribution in [0.25, 0.3) is 0 Å². The molecule has 0 aromatic carbocycles. The number of aromatic nitrogens is 3. The molecule has 0 radical (unpaired) electrons. The Morgan fingerprint density at radius 2 is 2.38 bits per heavy atom. The summed E-state index contributed by atoms with van der Waals surface area (Å²) >= 11 is 1.34. The number of rotatable bonds is 3. The Morgan fingerprint density at radius 3 is 2.77 bits per heavy atom. The normalized spacial score (nSPS) is 12.4. The van der Waals surface area contributed by atoms with Crippen LogP contribution in [0, 0.1) is 18.3 Å². The lowest BCUT2D eigenvalue weighted by Gasteiger charge is -2.03. The van der Waals surface area contributed by atoms with Crippen LogP contribution in [0.3, 0.4) is 0 Å². The van der Waals surface area contributed by atoms with Crippen molar-refractivity contribution in [1.82, 2.24) is 14.9 Å². The van der Waals surface area contributed by atoms with Crippen LogP contribution in [0.1, 0.15) is 19.2 Å². The third kappa shape index (κ3) is 2.12. The average Bonchev–Trinajstić information content (AvgIpc) is 2.45. The Balaban J connectivity index is 2.75. The standard InChI is InChI=1S/C7H11N5S/c1-3-6(4-8)13-7-11-10-5(2)12(7)9/h6H,3,9H2,1-2H3. The van der Waals surface area contributed by atoms with Crippen molar-refractivity contribution >= 4 is 11.8 Å². The molecule has 70 valence electrons. The smallest absolute Gasteiger partial charge is 0.211 e. The minimum Gasteiger partial charge on any atom is -0.336 e. The number of nitriles is 1. The molecule has 6 heteroatoms. The molecule has 1 heterocycles. The van der Waals surface area contributed by atoms with Gasteiger partial charge in [0.1, 0.15) is 5.82 Å². The number of nitrogens with two attached hydrogens (primary N) is 1. The zero-order valence-electron chi connectivity index (χ0n) is 7.56. The van der Waals surface area contributed by atoms with Crippen molar-refractivity contribution in [1.29, 1.82) is 5.26 Å². The summed E-state index contributed by atoms with van der Waals surface area (Å²) in [6.45, 7) is 3.72. The van der Waals surface area contributed by atoms with Crippen LogP contribution in [0.15, 0.2) is 5.16 Å². The maximum absolute atomic E-state index is 8.72. The van der Waals surface area contributed by atoms with E-state index >= 15 is 0 Å². The van der Waals surface area contributed by atoms with E-state index < -0.39 is 0 Å². The highest BCUT2D eigenvalue weighted by atomic mass is 32.2. The van der Waals surface area contributed by atoms with Gasteiger partial charge in [-0.1, -0.05) is 18.7 Å². The van der Waals surface area contributed by atoms with Crippen LogP contribution in [0.2, 0.25) is 0 Å². The maximum atomic E-state index is 8.72. The predicted octanol–water partition coefficient (Wildman–Crippen LogP) is 0.695. The number of nitrogens with zero attached hydrogens (tertiary/aromatic N) is 4. The maximum Gasteiger partial charge on any atom is 0.211 e. The number of aryl methyl sites for hydroxylation is 1. The van der Waals surface area contributed by atoms with Crippen molar-refractivity contribution in [2.24, 2.45) is 0 Å². The van der Waals surface area contributed by atoms with Gasteiger partial charge < -0.3 is 5.84 Å². The molecule has 5 nitrogen and oxygen atoms in total. The van der Waals surface area contributed by atoms with Gasteiger partial charge in [0.2, 0.25) is 5.16 Å². The third-order valence-electron chi connectivity index (χ3n) is 1.60. The SMILES string of the molecule is CCC(C#N)Sc1nnc(C)n1N. The number of thioether (sulfide) groups is 1. The van der Waals surface area contributed by atoms with Gasteiger partial charge in [-0.25, -0.2) is 4.68 Å². The molecule has 0 spiro atoms. The lowest BCUT2D eigenvalue weighted by atomic mass is 10.4. The van der Waals surface area contributed by atoms with Gasteiger partial charge in [0, 0.05) is 0 Å². The molecule has 0 bridgehead atoms. The minimum absolute atomic E-state index is 0.106. The van der Waals surface area contributed by atoms with E-state index in [-0.39, 0.29) is 5.25 Å². The zero-order valence-corrected chi connectivity index (χ0v) is 8.38. The van der Waals surface area contributed by atoms with Gasteiger partial charge in [0.05, 0.1) is 11.3 Å². The Labute approximate surface area is 80.9 Å². The van der Waals surface area contributed by atoms with E-state index in [9.17, 15) is 0 Å². The first-order valence-electron chi connectivity index (χ1n) is 3.92. The summed E-state index contributed by atoms with van der Waals surface area (Å²) in [5, 5.41) is 16.8. The van der Waals surface area contributed by atoms with Gasteiger partial charge in [-0.3, -0.25) is 0 Å². The second-order valence-electron chi connectivity index (χ2n) is 2.54. The monoisotopic (exact) mass is 197 g/mol. The fourth-order valence-electron chi connectivity index (χ4n) is 0.758. The fraction of sp³-hybridized carbons (Fsp3) is 0.571. The van der Waals surface area contributed by atoms with E-state index in [2.05, 4.69) is 16.3 Å². The van der Waals surface area contributed by atoms with Gasteiger partial charge in [-0.15, -0.1) is 10.2 Å². The van der Waals surface area contributed by atoms with Crippen molar-refractivity contribution in [3.63, 3.8) is 0 Å². The molecule has 1 aromatic heterocycles. The molecule has 1 rings (SSSR count). The molecule has 1 aromatic rings. The lowest BCUT2D eigenvalue weighted by molar-refractivity contribution is 0.819. The zero-order chi connectivity index (χ0) is 9.84. The summed E-state index contributed by atoms with van der Waals surface area (Å²) < 4.78 is 1.39. The third-order valence-corrected chi connectivity index (χ3v) is 2.81. The van der Waals surface area contributed by atoms with Crippen LogP contribution in [0.4, 0.5) is 0 Å². The van der Waals surface area contributed by atoms with Gasteiger partial charge in [0.25, 0.3) is 0 Å². The summed E-state index contributed by atoms with van der Waals surface area (Å²) in [6, 6.07) is 2.16. The van der Waals surface area contributed by atoms with Gasteiger partial charge in [-0.05, 0) is 13.3 Å². The second-order valence-corrected chi connectivity index (χ2v) is 3.71. The molecule has 0 saturated carbocycles. The number of nitrogen functional groups attached to an aromatic ring is 1. The van der Waals surface area contributed by atoms with E-state index in [0.717, 1.165) is 6.42 Å². The Hall–Kier alpha value is -1.22. The molecule has 1 unspecified atom stereocenters. The van der Waals surface area contributed by atoms with Crippen LogP contribution >= 0.6 is 11.8 Å². The minimum atomic E-state index is -0.106. The molecule has 0 aliphatic carbocycles. The van der Waals surface area contributed by atoms with Crippen molar-refractivity contribution < 1.29 is 0 Å². The summed E-state index contributed by atoms with van der Waals surface area (Å²) in [7, 11) is 0. The topological polar surface area (TPSA) is 80.5 Å². The molecule has 0 aliphatic rings. The molecular formula is C7H11N5S. The first kappa shape index (κ1) is 9.86. The molecule has 0 saturated heterocycles. The Bertz CT molecular complexity index is 326. The van der Waals surface area contributed by atoms with Crippen LogP contribution in [-0.2, 0) is 0 Å². The molecule has 2 N–H and O–H groups in total. The molecule has 0 amide bonds. The fourth-order valence-corrected chi connectivity index (χ4v) is 1.57. The van der Waals surface area contributed by atoms with Crippen molar-refractivity contribution in [3.05, 3.63) is 5.82 Å². The Morgan fingerprint density at radius 1 is 1.69 bits per heavy atom. The largest absolute Gasteiger partial charge is 0.336 e. The van der Waals surface area contributed by atoms with E-state index in [0.29, 0.717) is 11.0 Å². The molecule has 1 atom stereocenters. The van der Waals surface area contributed by atoms with Crippen LogP contribution < -0.4 is 5.84 Å². The average molecular weight is 197 g/mol. The highest BCUT2D eigenvalue weighted by Gasteiger charge is 2.12. The first-order chi connectivity index (χ1) is 6.19. The number of hydrogen-bond donors (Lipinski definition) is 1. The lowest BCUT2D eigenvalue weighted by Crippen LogP contribution is -2.12. The van der Waals surface area contributed by atoms with Gasteiger partial charge in [-0.2, -0.15) is 5.26 Å². The Kier molecular flexibility index (Phi) is 3.14. The van der Waals surface area contributed by atoms with Gasteiger partial charge >= 0.3 is 0 Å². The first-order valence-corrected chi connectivity index (χ1v) is 4.80. The van der Waals surface area contributed by atoms with Crippen LogP contribution in [-0.4, -0.2) is 20.1 Å². The van der Waals surface area contributed by atoms with E-state index in [4.69, 9.17) is 11.1 Å². The predicted molar refractivity (Wildman–Crippen MR) is 50.5 cm³/mol. The molecular weight excluding hydrogens is 186 g/mol. The van der Waals surface area contributed by atoms with Crippen molar-refractivity contribution in [2.45, 2.75) is 30.7 Å². The highest BCUT2D eigenvalue weighted by molar-refractivity contribution is 8.00. The highest BCUT2D eigenvalue weighted by Crippen LogP contribution is 2.21. The molecule has 0 aliphatic heterocycles. The van der Waals surface area contributed by atoms with Crippen LogP contribution in [0.5, 0.6) is 0 Å². The van der Waals surface area contributed by atoms with Gasteiger partial charge in [0.15, 0.2) is 0 Å². The molecule has 13 heavy (non-hydrogen) atoms. The number of hydrogen-bond acceptors (Lipinski definition) is 5.